The van der Waals surface area contributed by atoms with Crippen LogP contribution in [-0.4, -0.2) is 30.3 Å². The fourth-order valence-corrected chi connectivity index (χ4v) is 2.58. The van der Waals surface area contributed by atoms with Gasteiger partial charge in [-0.05, 0) is 51.1 Å². The molecule has 1 aromatic carbocycles. The predicted octanol–water partition coefficient (Wildman–Crippen LogP) is 4.48. The second-order valence-electron chi connectivity index (χ2n) is 5.55. The first-order valence-corrected chi connectivity index (χ1v) is 8.71. The van der Waals surface area contributed by atoms with Crippen LogP contribution in [0.25, 0.3) is 6.08 Å². The Labute approximate surface area is 151 Å². The van der Waals surface area contributed by atoms with Gasteiger partial charge in [0.1, 0.15) is 11.5 Å². The van der Waals surface area contributed by atoms with Gasteiger partial charge in [0.05, 0.1) is 18.1 Å². The normalized spacial score (nSPS) is 12.2. The number of nitrogens with zero attached hydrogens (tertiary/aromatic N) is 1. The third-order valence-electron chi connectivity index (χ3n) is 2.98. The standard InChI is InChI=1S/C18H22N2O4S/c1-12(2)23-14-6-8-15(9-7-14)24-18-19-11-16(25-18)10-5-13(3)20-17(21)22-4/h5-13H,1-4H3,(H,20,21)/t13-/m0/s1. The molecule has 1 amide bonds. The number of hydrogen-bond donors (Lipinski definition) is 1. The Morgan fingerprint density at radius 1 is 1.20 bits per heavy atom. The van der Waals surface area contributed by atoms with Crippen LogP contribution in [-0.2, 0) is 4.74 Å². The molecule has 0 aliphatic rings. The van der Waals surface area contributed by atoms with Crippen molar-refractivity contribution < 1.29 is 19.0 Å². The maximum absolute atomic E-state index is 11.1. The molecule has 0 spiro atoms. The molecule has 7 heteroatoms. The summed E-state index contributed by atoms with van der Waals surface area (Å²) in [6.45, 7) is 5.82. The minimum atomic E-state index is -0.463. The molecule has 0 aliphatic heterocycles. The second-order valence-corrected chi connectivity index (χ2v) is 6.58. The van der Waals surface area contributed by atoms with E-state index in [0.29, 0.717) is 10.9 Å². The Balaban J connectivity index is 1.91. The van der Waals surface area contributed by atoms with Crippen LogP contribution in [0.4, 0.5) is 4.79 Å². The number of benzene rings is 1. The van der Waals surface area contributed by atoms with Crippen molar-refractivity contribution in [3.63, 3.8) is 0 Å². The lowest BCUT2D eigenvalue weighted by Crippen LogP contribution is -2.30. The number of nitrogens with one attached hydrogen (secondary N) is 1. The molecule has 0 saturated heterocycles. The Hall–Kier alpha value is -2.54. The van der Waals surface area contributed by atoms with Crippen LogP contribution in [0.15, 0.2) is 36.5 Å². The van der Waals surface area contributed by atoms with Crippen molar-refractivity contribution >= 4 is 23.5 Å². The van der Waals surface area contributed by atoms with E-state index in [-0.39, 0.29) is 12.1 Å². The molecule has 1 atom stereocenters. The lowest BCUT2D eigenvalue weighted by Gasteiger charge is -2.09. The molecule has 0 fully saturated rings. The number of carbonyl (C=O) groups excluding carboxylic acids is 1. The number of ether oxygens (including phenoxy) is 3. The SMILES string of the molecule is COC(=O)N[C@@H](C)C=Cc1cnc(Oc2ccc(OC(C)C)cc2)s1. The number of rotatable bonds is 7. The number of amides is 1. The predicted molar refractivity (Wildman–Crippen MR) is 98.4 cm³/mol. The van der Waals surface area contributed by atoms with Gasteiger partial charge in [0.2, 0.25) is 0 Å². The van der Waals surface area contributed by atoms with E-state index in [4.69, 9.17) is 9.47 Å². The van der Waals surface area contributed by atoms with Gasteiger partial charge in [-0.25, -0.2) is 9.78 Å². The highest BCUT2D eigenvalue weighted by molar-refractivity contribution is 7.14. The van der Waals surface area contributed by atoms with Crippen molar-refractivity contribution in [1.29, 1.82) is 0 Å². The van der Waals surface area contributed by atoms with Crippen molar-refractivity contribution in [3.8, 4) is 16.7 Å². The molecule has 1 heterocycles. The molecular formula is C18H22N2O4S. The Morgan fingerprint density at radius 2 is 1.88 bits per heavy atom. The first-order valence-electron chi connectivity index (χ1n) is 7.89. The van der Waals surface area contributed by atoms with Gasteiger partial charge >= 0.3 is 6.09 Å². The fourth-order valence-electron chi connectivity index (χ4n) is 1.89. The molecule has 0 radical (unpaired) electrons. The molecule has 2 rings (SSSR count). The highest BCUT2D eigenvalue weighted by atomic mass is 32.1. The summed E-state index contributed by atoms with van der Waals surface area (Å²) in [5, 5.41) is 3.21. The van der Waals surface area contributed by atoms with Gasteiger partial charge in [-0.15, -0.1) is 0 Å². The molecule has 0 aliphatic carbocycles. The van der Waals surface area contributed by atoms with Crippen molar-refractivity contribution in [3.05, 3.63) is 41.4 Å². The maximum Gasteiger partial charge on any atom is 0.407 e. The van der Waals surface area contributed by atoms with Gasteiger partial charge in [-0.3, -0.25) is 0 Å². The summed E-state index contributed by atoms with van der Waals surface area (Å²) in [5.74, 6) is 1.50. The van der Waals surface area contributed by atoms with E-state index < -0.39 is 6.09 Å². The van der Waals surface area contributed by atoms with Gasteiger partial charge in [0.15, 0.2) is 0 Å². The van der Waals surface area contributed by atoms with Gasteiger partial charge in [-0.1, -0.05) is 17.4 Å². The molecule has 134 valence electrons. The van der Waals surface area contributed by atoms with E-state index >= 15 is 0 Å². The molecule has 0 unspecified atom stereocenters. The topological polar surface area (TPSA) is 69.7 Å². The molecule has 1 N–H and O–H groups in total. The number of carbonyl (C=O) groups is 1. The molecule has 25 heavy (non-hydrogen) atoms. The number of alkyl carbamates (subject to hydrolysis) is 1. The number of hydrogen-bond acceptors (Lipinski definition) is 6. The zero-order valence-corrected chi connectivity index (χ0v) is 15.5. The van der Waals surface area contributed by atoms with Crippen LogP contribution in [0.3, 0.4) is 0 Å². The Bertz CT molecular complexity index is 710. The van der Waals surface area contributed by atoms with Gasteiger partial charge in [0.25, 0.3) is 5.19 Å². The van der Waals surface area contributed by atoms with Crippen LogP contribution >= 0.6 is 11.3 Å². The number of thiazole rings is 1. The van der Waals surface area contributed by atoms with E-state index in [9.17, 15) is 4.79 Å². The zero-order valence-electron chi connectivity index (χ0n) is 14.7. The van der Waals surface area contributed by atoms with Crippen LogP contribution in [0.5, 0.6) is 16.7 Å². The molecule has 0 saturated carbocycles. The summed E-state index contributed by atoms with van der Waals surface area (Å²) in [5.41, 5.74) is 0. The third kappa shape index (κ3) is 6.46. The number of methoxy groups -OCH3 is 1. The quantitative estimate of drug-likeness (QED) is 0.786. The van der Waals surface area contributed by atoms with Gasteiger partial charge < -0.3 is 19.5 Å². The first kappa shape index (κ1) is 18.8. The highest BCUT2D eigenvalue weighted by Gasteiger charge is 2.06. The van der Waals surface area contributed by atoms with Crippen molar-refractivity contribution in [1.82, 2.24) is 10.3 Å². The Morgan fingerprint density at radius 3 is 2.52 bits per heavy atom. The van der Waals surface area contributed by atoms with Crippen molar-refractivity contribution in [2.45, 2.75) is 32.9 Å². The molecule has 2 aromatic rings. The van der Waals surface area contributed by atoms with E-state index in [1.807, 2.05) is 57.2 Å². The lowest BCUT2D eigenvalue weighted by atomic mass is 10.3. The van der Waals surface area contributed by atoms with E-state index in [1.54, 1.807) is 6.20 Å². The summed E-state index contributed by atoms with van der Waals surface area (Å²) in [6, 6.07) is 7.27. The van der Waals surface area contributed by atoms with Crippen LogP contribution in [0.1, 0.15) is 25.6 Å². The van der Waals surface area contributed by atoms with E-state index in [2.05, 4.69) is 15.0 Å². The maximum atomic E-state index is 11.1. The summed E-state index contributed by atoms with van der Waals surface area (Å²) in [4.78, 5) is 16.3. The number of aromatic nitrogens is 1. The van der Waals surface area contributed by atoms with Crippen LogP contribution in [0, 0.1) is 0 Å². The third-order valence-corrected chi connectivity index (χ3v) is 3.82. The smallest absolute Gasteiger partial charge is 0.407 e. The minimum Gasteiger partial charge on any atom is -0.491 e. The van der Waals surface area contributed by atoms with E-state index in [0.717, 1.165) is 10.6 Å². The average Bonchev–Trinajstić information content (AvgIpc) is 3.01. The van der Waals surface area contributed by atoms with Crippen LogP contribution < -0.4 is 14.8 Å². The Kier molecular flexibility index (Phi) is 6.82. The summed E-state index contributed by atoms with van der Waals surface area (Å²) in [6.07, 6.45) is 5.13. The summed E-state index contributed by atoms with van der Waals surface area (Å²) < 4.78 is 15.9. The molecule has 0 bridgehead atoms. The first-order chi connectivity index (χ1) is 12.0. The summed E-state index contributed by atoms with van der Waals surface area (Å²) >= 11 is 1.41. The van der Waals surface area contributed by atoms with Gasteiger partial charge in [-0.2, -0.15) is 0 Å². The van der Waals surface area contributed by atoms with Gasteiger partial charge in [0, 0.05) is 12.2 Å². The molecule has 1 aromatic heterocycles. The van der Waals surface area contributed by atoms with Crippen molar-refractivity contribution in [2.75, 3.05) is 7.11 Å². The monoisotopic (exact) mass is 362 g/mol. The zero-order chi connectivity index (χ0) is 18.2. The average molecular weight is 362 g/mol. The summed E-state index contributed by atoms with van der Waals surface area (Å²) in [7, 11) is 1.33. The molecular weight excluding hydrogens is 340 g/mol. The second kappa shape index (κ2) is 9.08. The minimum absolute atomic E-state index is 0.135. The molecule has 6 nitrogen and oxygen atoms in total. The van der Waals surface area contributed by atoms with Crippen LogP contribution in [0.2, 0.25) is 0 Å². The van der Waals surface area contributed by atoms with E-state index in [1.165, 1.54) is 18.4 Å². The highest BCUT2D eigenvalue weighted by Crippen LogP contribution is 2.28. The fraction of sp³-hybridized carbons (Fsp3) is 0.333. The lowest BCUT2D eigenvalue weighted by molar-refractivity contribution is 0.169. The largest absolute Gasteiger partial charge is 0.491 e. The van der Waals surface area contributed by atoms with Crippen molar-refractivity contribution in [2.24, 2.45) is 0 Å².